The molecule has 3 aliphatic heterocycles. The number of hydrogen-bond donors (Lipinski definition) is 1. The molecule has 0 bridgehead atoms. The molecule has 9 nitrogen and oxygen atoms in total. The van der Waals surface area contributed by atoms with Crippen molar-refractivity contribution in [2.45, 2.75) is 63.4 Å². The van der Waals surface area contributed by atoms with Gasteiger partial charge in [-0.3, -0.25) is 0 Å². The second-order valence-corrected chi connectivity index (χ2v) is 7.74. The van der Waals surface area contributed by atoms with Crippen LogP contribution in [-0.4, -0.2) is 57.3 Å². The van der Waals surface area contributed by atoms with E-state index in [1.807, 2.05) is 0 Å². The van der Waals surface area contributed by atoms with Crippen molar-refractivity contribution in [3.8, 4) is 0 Å². The Balaban J connectivity index is 1.94. The molecule has 0 aromatic rings. The van der Waals surface area contributed by atoms with Gasteiger partial charge in [0, 0.05) is 0 Å². The van der Waals surface area contributed by atoms with Gasteiger partial charge >= 0.3 is 10.3 Å². The van der Waals surface area contributed by atoms with Crippen molar-refractivity contribution >= 4 is 10.3 Å². The van der Waals surface area contributed by atoms with Crippen LogP contribution >= 0.6 is 0 Å². The summed E-state index contributed by atoms with van der Waals surface area (Å²) in [6, 6.07) is 0. The third kappa shape index (κ3) is 3.02. The Morgan fingerprint density at radius 2 is 1.77 bits per heavy atom. The molecule has 10 heteroatoms. The lowest BCUT2D eigenvalue weighted by atomic mass is 9.97. The van der Waals surface area contributed by atoms with E-state index < -0.39 is 46.0 Å². The van der Waals surface area contributed by atoms with Gasteiger partial charge in [0.1, 0.15) is 18.8 Å². The molecule has 0 aromatic heterocycles. The normalized spacial score (nSPS) is 43.4. The zero-order valence-corrected chi connectivity index (χ0v) is 13.7. The van der Waals surface area contributed by atoms with E-state index in [2.05, 4.69) is 0 Å². The molecule has 0 aliphatic carbocycles. The van der Waals surface area contributed by atoms with Crippen LogP contribution in [0.15, 0.2) is 0 Å². The van der Waals surface area contributed by atoms with E-state index in [1.54, 1.807) is 27.7 Å². The minimum absolute atomic E-state index is 0.00675. The molecule has 3 rings (SSSR count). The van der Waals surface area contributed by atoms with Crippen LogP contribution in [0.3, 0.4) is 0 Å². The van der Waals surface area contributed by atoms with Gasteiger partial charge in [-0.05, 0) is 27.7 Å². The first-order chi connectivity index (χ1) is 9.92. The van der Waals surface area contributed by atoms with Crippen LogP contribution in [0.25, 0.3) is 0 Å². The lowest BCUT2D eigenvalue weighted by molar-refractivity contribution is -0.320. The van der Waals surface area contributed by atoms with Crippen LogP contribution < -0.4 is 5.14 Å². The van der Waals surface area contributed by atoms with Crippen molar-refractivity contribution in [3.05, 3.63) is 0 Å². The van der Waals surface area contributed by atoms with E-state index in [9.17, 15) is 8.42 Å². The SMILES string of the molecule is CC1(C)O[C@H]2[C@H](CO[C@@]3(COC(C)(C)O3)[C@@H]2OS(N)(=O)=O)O1. The summed E-state index contributed by atoms with van der Waals surface area (Å²) in [6.07, 6.45) is -2.33. The summed E-state index contributed by atoms with van der Waals surface area (Å²) in [5, 5.41) is 5.04. The molecule has 4 atom stereocenters. The summed E-state index contributed by atoms with van der Waals surface area (Å²) >= 11 is 0. The highest BCUT2D eigenvalue weighted by Gasteiger charge is 2.64. The molecule has 128 valence electrons. The highest BCUT2D eigenvalue weighted by atomic mass is 32.2. The zero-order valence-electron chi connectivity index (χ0n) is 12.9. The molecule has 1 spiro atoms. The van der Waals surface area contributed by atoms with Crippen LogP contribution in [0.5, 0.6) is 0 Å². The summed E-state index contributed by atoms with van der Waals surface area (Å²) < 4.78 is 56.5. The topological polar surface area (TPSA) is 116 Å². The third-order valence-corrected chi connectivity index (χ3v) is 4.20. The summed E-state index contributed by atoms with van der Waals surface area (Å²) in [6.45, 7) is 7.00. The average molecular weight is 339 g/mol. The molecule has 2 N–H and O–H groups in total. The molecule has 0 radical (unpaired) electrons. The standard InChI is InChI=1S/C12H21NO8S/c1-10(2)17-6-12(21-10)9(20-22(13,14)15)8-7(5-16-12)18-11(3,4)19-8/h7-9H,5-6H2,1-4H3,(H2,13,14,15)/t7-,8-,9+,12+/m0/s1. The number of fused-ring (bicyclic) bond motifs is 1. The van der Waals surface area contributed by atoms with Crippen LogP contribution in [0.4, 0.5) is 0 Å². The van der Waals surface area contributed by atoms with Gasteiger partial charge in [-0.25, -0.2) is 9.32 Å². The zero-order chi connectivity index (χ0) is 16.4. The van der Waals surface area contributed by atoms with Crippen molar-refractivity contribution in [1.29, 1.82) is 0 Å². The number of nitrogens with two attached hydrogens (primary N) is 1. The Labute approximate surface area is 129 Å². The number of ether oxygens (including phenoxy) is 5. The van der Waals surface area contributed by atoms with Gasteiger partial charge in [0.05, 0.1) is 6.61 Å². The summed E-state index contributed by atoms with van der Waals surface area (Å²) in [4.78, 5) is 0. The monoisotopic (exact) mass is 339 g/mol. The summed E-state index contributed by atoms with van der Waals surface area (Å²) in [7, 11) is -4.25. The van der Waals surface area contributed by atoms with Gasteiger partial charge in [-0.2, -0.15) is 8.42 Å². The highest BCUT2D eigenvalue weighted by molar-refractivity contribution is 7.84. The predicted octanol–water partition coefficient (Wildman–Crippen LogP) is -0.395. The van der Waals surface area contributed by atoms with Crippen LogP contribution in [-0.2, 0) is 38.2 Å². The van der Waals surface area contributed by atoms with Crippen molar-refractivity contribution in [2.24, 2.45) is 5.14 Å². The largest absolute Gasteiger partial charge is 0.345 e. The van der Waals surface area contributed by atoms with E-state index in [0.717, 1.165) is 0 Å². The van der Waals surface area contributed by atoms with Gasteiger partial charge < -0.3 is 23.7 Å². The molecule has 3 aliphatic rings. The fourth-order valence-corrected chi connectivity index (χ4v) is 3.58. The first-order valence-electron chi connectivity index (χ1n) is 6.96. The van der Waals surface area contributed by atoms with E-state index >= 15 is 0 Å². The van der Waals surface area contributed by atoms with E-state index in [-0.39, 0.29) is 13.2 Å². The average Bonchev–Trinajstić information content (AvgIpc) is 2.79. The van der Waals surface area contributed by atoms with Gasteiger partial charge in [0.25, 0.3) is 0 Å². The molecule has 0 unspecified atom stereocenters. The Bertz CT molecular complexity index is 559. The fraction of sp³-hybridized carbons (Fsp3) is 1.00. The Morgan fingerprint density at radius 3 is 2.32 bits per heavy atom. The maximum absolute atomic E-state index is 11.5. The maximum atomic E-state index is 11.5. The lowest BCUT2D eigenvalue weighted by Gasteiger charge is -2.42. The molecule has 0 aromatic carbocycles. The molecule has 3 heterocycles. The Hall–Kier alpha value is -0.330. The van der Waals surface area contributed by atoms with Crippen molar-refractivity contribution < 1.29 is 36.3 Å². The van der Waals surface area contributed by atoms with Crippen LogP contribution in [0.1, 0.15) is 27.7 Å². The molecule has 0 amide bonds. The van der Waals surface area contributed by atoms with Gasteiger partial charge in [-0.15, -0.1) is 0 Å². The first-order valence-corrected chi connectivity index (χ1v) is 8.43. The van der Waals surface area contributed by atoms with E-state index in [1.165, 1.54) is 0 Å². The number of hydrogen-bond acceptors (Lipinski definition) is 8. The fourth-order valence-electron chi connectivity index (χ4n) is 3.04. The van der Waals surface area contributed by atoms with Gasteiger partial charge in [0.15, 0.2) is 17.7 Å². The quantitative estimate of drug-likeness (QED) is 0.723. The van der Waals surface area contributed by atoms with Crippen molar-refractivity contribution in [2.75, 3.05) is 13.2 Å². The predicted molar refractivity (Wildman–Crippen MR) is 71.6 cm³/mol. The molecule has 3 saturated heterocycles. The summed E-state index contributed by atoms with van der Waals surface area (Å²) in [5.74, 6) is -3.25. The molecule has 3 fully saturated rings. The van der Waals surface area contributed by atoms with Gasteiger partial charge in [-0.1, -0.05) is 0 Å². The van der Waals surface area contributed by atoms with Crippen molar-refractivity contribution in [3.63, 3.8) is 0 Å². The summed E-state index contributed by atoms with van der Waals surface area (Å²) in [5.41, 5.74) is 0. The molecule has 0 saturated carbocycles. The lowest BCUT2D eigenvalue weighted by Crippen LogP contribution is -2.63. The first kappa shape index (κ1) is 16.5. The Morgan fingerprint density at radius 1 is 1.09 bits per heavy atom. The van der Waals surface area contributed by atoms with Gasteiger partial charge in [0.2, 0.25) is 5.79 Å². The smallest absolute Gasteiger partial charge is 0.333 e. The van der Waals surface area contributed by atoms with Crippen LogP contribution in [0.2, 0.25) is 0 Å². The van der Waals surface area contributed by atoms with E-state index in [0.29, 0.717) is 0 Å². The Kier molecular flexibility index (Phi) is 3.63. The third-order valence-electron chi connectivity index (χ3n) is 3.72. The van der Waals surface area contributed by atoms with Crippen LogP contribution in [0, 0.1) is 0 Å². The highest BCUT2D eigenvalue weighted by Crippen LogP contribution is 2.45. The number of rotatable bonds is 2. The molecular formula is C12H21NO8S. The minimum atomic E-state index is -4.25. The van der Waals surface area contributed by atoms with Crippen molar-refractivity contribution in [1.82, 2.24) is 0 Å². The minimum Gasteiger partial charge on any atom is -0.345 e. The second-order valence-electron chi connectivity index (χ2n) is 6.56. The van der Waals surface area contributed by atoms with E-state index in [4.69, 9.17) is 33.0 Å². The second kappa shape index (κ2) is 4.84. The molecular weight excluding hydrogens is 318 g/mol. The molecule has 22 heavy (non-hydrogen) atoms. The maximum Gasteiger partial charge on any atom is 0.333 e.